The first-order chi connectivity index (χ1) is 7.32. The van der Waals surface area contributed by atoms with Crippen molar-refractivity contribution in [1.82, 2.24) is 0 Å². The van der Waals surface area contributed by atoms with E-state index in [2.05, 4.69) is 11.7 Å². The number of nitrogens with zero attached hydrogens (tertiary/aromatic N) is 1. The van der Waals surface area contributed by atoms with E-state index in [-0.39, 0.29) is 22.6 Å². The molecular formula is C11H17ClN2OS. The number of rotatable bonds is 6. The second-order valence-electron chi connectivity index (χ2n) is 4.23. The molecule has 0 fully saturated rings. The first-order valence-electron chi connectivity index (χ1n) is 4.77. The summed E-state index contributed by atoms with van der Waals surface area (Å²) in [5, 5.41) is 8.16. The van der Waals surface area contributed by atoms with Gasteiger partial charge in [-0.15, -0.1) is 23.4 Å². The highest BCUT2D eigenvalue weighted by Gasteiger charge is 2.17. The Hall–Kier alpha value is -0.610. The van der Waals surface area contributed by atoms with Gasteiger partial charge in [-0.05, 0) is 12.8 Å². The maximum absolute atomic E-state index is 11.6. The lowest BCUT2D eigenvalue weighted by Gasteiger charge is -2.17. The maximum atomic E-state index is 11.6. The molecule has 3 nitrogen and oxygen atoms in total. The Kier molecular flexibility index (Phi) is 6.60. The number of halogens is 1. The van der Waals surface area contributed by atoms with Crippen molar-refractivity contribution in [1.29, 1.82) is 5.41 Å². The largest absolute Gasteiger partial charge is 0.305 e. The third kappa shape index (κ3) is 5.47. The van der Waals surface area contributed by atoms with Crippen LogP contribution in [-0.4, -0.2) is 29.2 Å². The average molecular weight is 261 g/mol. The second kappa shape index (κ2) is 6.86. The van der Waals surface area contributed by atoms with E-state index in [1.807, 2.05) is 20.8 Å². The van der Waals surface area contributed by atoms with E-state index in [4.69, 9.17) is 17.0 Å². The zero-order chi connectivity index (χ0) is 12.8. The topological polar surface area (TPSA) is 53.3 Å². The van der Waals surface area contributed by atoms with Crippen LogP contribution in [-0.2, 0) is 4.79 Å². The van der Waals surface area contributed by atoms with E-state index in [0.29, 0.717) is 10.9 Å². The van der Waals surface area contributed by atoms with Gasteiger partial charge in [0.1, 0.15) is 5.70 Å². The van der Waals surface area contributed by atoms with Crippen LogP contribution < -0.4 is 0 Å². The molecule has 0 aromatic heterocycles. The highest BCUT2D eigenvalue weighted by molar-refractivity contribution is 8.01. The second-order valence-corrected chi connectivity index (χ2v) is 5.80. The number of allylic oxidation sites excluding steroid dienone is 2. The van der Waals surface area contributed by atoms with Gasteiger partial charge in [0.15, 0.2) is 5.78 Å². The van der Waals surface area contributed by atoms with Gasteiger partial charge in [-0.3, -0.25) is 9.79 Å². The fraction of sp³-hybridized carbons (Fsp3) is 0.545. The van der Waals surface area contributed by atoms with Crippen molar-refractivity contribution < 1.29 is 4.79 Å². The predicted molar refractivity (Wildman–Crippen MR) is 73.0 cm³/mol. The fourth-order valence-electron chi connectivity index (χ4n) is 0.773. The third-order valence-corrected chi connectivity index (χ3v) is 2.94. The van der Waals surface area contributed by atoms with Crippen LogP contribution in [0.5, 0.6) is 0 Å². The monoisotopic (exact) mass is 260 g/mol. The molecule has 0 aliphatic rings. The predicted octanol–water partition coefficient (Wildman–Crippen LogP) is 3.14. The van der Waals surface area contributed by atoms with Gasteiger partial charge in [0.2, 0.25) is 0 Å². The average Bonchev–Trinajstić information content (AvgIpc) is 2.20. The van der Waals surface area contributed by atoms with Gasteiger partial charge >= 0.3 is 0 Å². The molecule has 0 bridgehead atoms. The van der Waals surface area contributed by atoms with Gasteiger partial charge in [-0.2, -0.15) is 0 Å². The number of aliphatic imine (C=N–C) groups is 1. The van der Waals surface area contributed by atoms with Crippen molar-refractivity contribution >= 4 is 41.6 Å². The Labute approximate surface area is 106 Å². The Balaban J connectivity index is 4.73. The summed E-state index contributed by atoms with van der Waals surface area (Å²) in [6, 6.07) is 0. The molecule has 16 heavy (non-hydrogen) atoms. The lowest BCUT2D eigenvalue weighted by molar-refractivity contribution is -0.113. The molecule has 1 N–H and O–H groups in total. The smallest absolute Gasteiger partial charge is 0.191 e. The highest BCUT2D eigenvalue weighted by atomic mass is 35.5. The molecule has 0 heterocycles. The van der Waals surface area contributed by atoms with Crippen LogP contribution >= 0.6 is 23.4 Å². The Morgan fingerprint density at radius 2 is 2.12 bits per heavy atom. The molecule has 0 radical (unpaired) electrons. The molecule has 0 amide bonds. The summed E-state index contributed by atoms with van der Waals surface area (Å²) in [4.78, 5) is 15.3. The van der Waals surface area contributed by atoms with Crippen molar-refractivity contribution in [2.75, 3.05) is 11.0 Å². The molecule has 0 aromatic rings. The van der Waals surface area contributed by atoms with Crippen LogP contribution in [0.3, 0.4) is 0 Å². The van der Waals surface area contributed by atoms with Gasteiger partial charge in [0.05, 0.1) is 11.0 Å². The summed E-state index contributed by atoms with van der Waals surface area (Å²) in [5.74, 6) is 0.126. The van der Waals surface area contributed by atoms with Gasteiger partial charge in [0, 0.05) is 11.1 Å². The van der Waals surface area contributed by atoms with Gasteiger partial charge in [-0.1, -0.05) is 20.8 Å². The Bertz CT molecular complexity index is 318. The van der Waals surface area contributed by atoms with Gasteiger partial charge in [0.25, 0.3) is 0 Å². The van der Waals surface area contributed by atoms with E-state index in [0.717, 1.165) is 0 Å². The highest BCUT2D eigenvalue weighted by Crippen LogP contribution is 2.17. The Morgan fingerprint density at radius 1 is 1.56 bits per heavy atom. The van der Waals surface area contributed by atoms with Crippen molar-refractivity contribution in [3.05, 3.63) is 11.8 Å². The van der Waals surface area contributed by atoms with E-state index in [1.165, 1.54) is 17.8 Å². The number of hydrogen-bond acceptors (Lipinski definition) is 4. The molecule has 0 spiro atoms. The summed E-state index contributed by atoms with van der Waals surface area (Å²) in [6.45, 7) is 9.07. The zero-order valence-corrected chi connectivity index (χ0v) is 11.4. The summed E-state index contributed by atoms with van der Waals surface area (Å²) in [5.41, 5.74) is 0.298. The fourth-order valence-corrected chi connectivity index (χ4v) is 1.41. The lowest BCUT2D eigenvalue weighted by atomic mass is 9.89. The summed E-state index contributed by atoms with van der Waals surface area (Å²) >= 11 is 6.79. The number of nitrogens with one attached hydrogen (secondary N) is 1. The first kappa shape index (κ1) is 15.4. The molecule has 90 valence electrons. The molecule has 0 unspecified atom stereocenters. The maximum Gasteiger partial charge on any atom is 0.191 e. The van der Waals surface area contributed by atoms with E-state index < -0.39 is 0 Å². The standard InChI is InChI=1S/C11H17ClN2OS/c1-11(2,3)10(13)5-8(14-4)9(15)6-16-7-12/h5,13H,4,6-7H2,1-3H3/b8-5-,13-10?. The molecule has 0 atom stereocenters. The molecule has 0 rings (SSSR count). The quantitative estimate of drug-likeness (QED) is 0.453. The summed E-state index contributed by atoms with van der Waals surface area (Å²) in [7, 11) is 0. The van der Waals surface area contributed by atoms with E-state index in [9.17, 15) is 4.79 Å². The van der Waals surface area contributed by atoms with Crippen LogP contribution in [0.4, 0.5) is 0 Å². The van der Waals surface area contributed by atoms with Crippen LogP contribution in [0.1, 0.15) is 20.8 Å². The van der Waals surface area contributed by atoms with Crippen LogP contribution in [0, 0.1) is 10.8 Å². The van der Waals surface area contributed by atoms with Gasteiger partial charge in [-0.25, -0.2) is 0 Å². The normalized spacial score (nSPS) is 12.4. The Morgan fingerprint density at radius 3 is 2.50 bits per heavy atom. The molecular weight excluding hydrogens is 244 g/mol. The SMILES string of the molecule is C=N/C(=C\C(=N)C(C)(C)C)C(=O)CSCCl. The van der Waals surface area contributed by atoms with E-state index in [1.54, 1.807) is 0 Å². The lowest BCUT2D eigenvalue weighted by Crippen LogP contribution is -2.18. The van der Waals surface area contributed by atoms with Crippen LogP contribution in [0.15, 0.2) is 16.8 Å². The van der Waals surface area contributed by atoms with Gasteiger partial charge < -0.3 is 5.41 Å². The minimum absolute atomic E-state index is 0.144. The summed E-state index contributed by atoms with van der Waals surface area (Å²) < 4.78 is 0. The third-order valence-electron chi connectivity index (χ3n) is 1.86. The molecule has 0 aromatic carbocycles. The number of carbonyl (C=O) groups is 1. The molecule has 0 aliphatic heterocycles. The minimum Gasteiger partial charge on any atom is -0.305 e. The molecule has 0 saturated heterocycles. The van der Waals surface area contributed by atoms with E-state index >= 15 is 0 Å². The molecule has 0 saturated carbocycles. The summed E-state index contributed by atoms with van der Waals surface area (Å²) in [6.07, 6.45) is 1.48. The van der Waals surface area contributed by atoms with Crippen molar-refractivity contribution in [2.24, 2.45) is 10.4 Å². The number of Topliss-reactive ketones (excluding diaryl/α,β-unsaturated/α-hetero) is 1. The number of hydrogen-bond donors (Lipinski definition) is 1. The van der Waals surface area contributed by atoms with Crippen molar-refractivity contribution in [3.63, 3.8) is 0 Å². The minimum atomic E-state index is -0.296. The number of ketones is 1. The molecule has 0 aliphatic carbocycles. The number of alkyl halides is 1. The van der Waals surface area contributed by atoms with Crippen molar-refractivity contribution in [2.45, 2.75) is 20.8 Å². The van der Waals surface area contributed by atoms with Crippen LogP contribution in [0.25, 0.3) is 0 Å². The number of thioether (sulfide) groups is 1. The van der Waals surface area contributed by atoms with Crippen molar-refractivity contribution in [3.8, 4) is 0 Å². The number of carbonyl (C=O) groups excluding carboxylic acids is 1. The van der Waals surface area contributed by atoms with Crippen LogP contribution in [0.2, 0.25) is 0 Å². The zero-order valence-electron chi connectivity index (χ0n) is 9.84. The molecule has 5 heteroatoms. The first-order valence-corrected chi connectivity index (χ1v) is 6.46.